The van der Waals surface area contributed by atoms with Gasteiger partial charge in [0.2, 0.25) is 0 Å². The number of aryl methyl sites for hydroxylation is 2. The number of amides is 1. The number of phenolic OH excluding ortho intramolecular Hbond substituents is 2. The monoisotopic (exact) mass is 501 g/mol. The maximum absolute atomic E-state index is 13.6. The molecule has 3 aromatic rings. The molecule has 6 heteroatoms. The Morgan fingerprint density at radius 1 is 1.03 bits per heavy atom. The molecule has 1 unspecified atom stereocenters. The minimum Gasteiger partial charge on any atom is -0.507 e. The average molecular weight is 502 g/mol. The first-order valence-corrected chi connectivity index (χ1v) is 12.6. The van der Waals surface area contributed by atoms with Crippen LogP contribution in [0.15, 0.2) is 61.2 Å². The van der Waals surface area contributed by atoms with Gasteiger partial charge >= 0.3 is 5.97 Å². The maximum Gasteiger partial charge on any atom is 0.326 e. The molecule has 0 radical (unpaired) electrons. The van der Waals surface area contributed by atoms with Crippen LogP contribution in [0.4, 0.5) is 0 Å². The lowest BCUT2D eigenvalue weighted by Crippen LogP contribution is -2.42. The van der Waals surface area contributed by atoms with Crippen LogP contribution in [0.5, 0.6) is 11.5 Å². The van der Waals surface area contributed by atoms with E-state index in [-0.39, 0.29) is 29.0 Å². The molecule has 37 heavy (non-hydrogen) atoms. The number of rotatable bonds is 11. The lowest BCUT2D eigenvalue weighted by molar-refractivity contribution is -0.139. The summed E-state index contributed by atoms with van der Waals surface area (Å²) in [6, 6.07) is 15.0. The number of phenols is 2. The lowest BCUT2D eigenvalue weighted by Gasteiger charge is -2.21. The number of allylic oxidation sites excluding steroid dienone is 1. The van der Waals surface area contributed by atoms with E-state index in [0.29, 0.717) is 17.5 Å². The van der Waals surface area contributed by atoms with Crippen LogP contribution in [0, 0.1) is 6.92 Å². The molecule has 3 rings (SSSR count). The number of hydrogen-bond donors (Lipinski definition) is 4. The summed E-state index contributed by atoms with van der Waals surface area (Å²) in [4.78, 5) is 25.6. The van der Waals surface area contributed by atoms with E-state index in [0.717, 1.165) is 41.5 Å². The lowest BCUT2D eigenvalue weighted by atomic mass is 9.88. The average Bonchev–Trinajstić information content (AvgIpc) is 2.84. The molecular weight excluding hydrogens is 466 g/mol. The van der Waals surface area contributed by atoms with Crippen molar-refractivity contribution in [3.05, 3.63) is 89.0 Å². The molecule has 1 amide bonds. The third-order valence-corrected chi connectivity index (χ3v) is 6.43. The predicted octanol–water partition coefficient (Wildman–Crippen LogP) is 6.26. The molecule has 0 aromatic heterocycles. The van der Waals surface area contributed by atoms with Crippen molar-refractivity contribution in [3.63, 3.8) is 0 Å². The summed E-state index contributed by atoms with van der Waals surface area (Å²) in [5.74, 6) is -2.39. The second-order valence-corrected chi connectivity index (χ2v) is 9.49. The van der Waals surface area contributed by atoms with Crippen LogP contribution in [0.1, 0.15) is 65.7 Å². The highest BCUT2D eigenvalue weighted by molar-refractivity contribution is 6.04. The molecule has 0 aliphatic rings. The van der Waals surface area contributed by atoms with Crippen molar-refractivity contribution >= 4 is 17.4 Å². The van der Waals surface area contributed by atoms with E-state index >= 15 is 0 Å². The van der Waals surface area contributed by atoms with Crippen LogP contribution in [-0.2, 0) is 17.6 Å². The van der Waals surface area contributed by atoms with Gasteiger partial charge in [-0.3, -0.25) is 4.79 Å². The highest BCUT2D eigenvalue weighted by Gasteiger charge is 2.28. The number of carbonyl (C=O) groups is 2. The fraction of sp³-hybridized carbons (Fsp3) is 0.290. The first-order valence-electron chi connectivity index (χ1n) is 12.6. The molecule has 0 fully saturated rings. The summed E-state index contributed by atoms with van der Waals surface area (Å²) < 4.78 is 0. The number of hydrogen-bond acceptors (Lipinski definition) is 4. The molecule has 0 aliphatic carbocycles. The molecule has 194 valence electrons. The highest BCUT2D eigenvalue weighted by atomic mass is 16.4. The summed E-state index contributed by atoms with van der Waals surface area (Å²) in [7, 11) is 0. The Labute approximate surface area is 218 Å². The number of aliphatic carboxylic acids is 1. The van der Waals surface area contributed by atoms with Gasteiger partial charge in [-0.25, -0.2) is 4.79 Å². The maximum atomic E-state index is 13.6. The van der Waals surface area contributed by atoms with Crippen molar-refractivity contribution < 1.29 is 24.9 Å². The van der Waals surface area contributed by atoms with Crippen LogP contribution >= 0.6 is 0 Å². The molecule has 0 spiro atoms. The van der Waals surface area contributed by atoms with Gasteiger partial charge < -0.3 is 20.6 Å². The van der Waals surface area contributed by atoms with E-state index in [2.05, 4.69) is 18.8 Å². The van der Waals surface area contributed by atoms with Gasteiger partial charge in [0.1, 0.15) is 17.5 Å². The molecule has 0 bridgehead atoms. The van der Waals surface area contributed by atoms with Crippen molar-refractivity contribution in [1.82, 2.24) is 5.32 Å². The Bertz CT molecular complexity index is 1300. The minimum absolute atomic E-state index is 0.0163. The zero-order valence-corrected chi connectivity index (χ0v) is 21.7. The zero-order valence-electron chi connectivity index (χ0n) is 21.7. The summed E-state index contributed by atoms with van der Waals surface area (Å²) in [5, 5.41) is 34.9. The van der Waals surface area contributed by atoms with Crippen molar-refractivity contribution in [1.29, 1.82) is 0 Å². The largest absolute Gasteiger partial charge is 0.507 e. The van der Waals surface area contributed by atoms with Gasteiger partial charge in [-0.1, -0.05) is 86.0 Å². The molecule has 0 aliphatic heterocycles. The second-order valence-electron chi connectivity index (χ2n) is 9.49. The standard InChI is InChI=1S/C31H35NO5/c1-5-6-8-13-22-18-26(33)28(24-16-20(4)14-15-23(24)19(2)3)29(34)27(22)30(35)32-25(31(36)37)17-21-11-9-7-10-12-21/h7,9-12,14-16,18,25,33-34H,2,5-6,8,13,17H2,1,3-4H3,(H,32,35)(H,36,37). The van der Waals surface area contributed by atoms with Gasteiger partial charge in [0.05, 0.1) is 11.1 Å². The Balaban J connectivity index is 2.12. The summed E-state index contributed by atoms with van der Waals surface area (Å²) >= 11 is 0. The first kappa shape index (κ1) is 27.5. The first-order chi connectivity index (χ1) is 17.6. The molecule has 6 nitrogen and oxygen atoms in total. The zero-order chi connectivity index (χ0) is 27.1. The second kappa shape index (κ2) is 12.3. The topological polar surface area (TPSA) is 107 Å². The summed E-state index contributed by atoms with van der Waals surface area (Å²) in [5.41, 5.74) is 4.27. The van der Waals surface area contributed by atoms with Crippen LogP contribution in [0.3, 0.4) is 0 Å². The number of benzene rings is 3. The van der Waals surface area contributed by atoms with Gasteiger partial charge in [-0.05, 0) is 55.0 Å². The molecule has 0 saturated carbocycles. The Morgan fingerprint density at radius 2 is 1.73 bits per heavy atom. The van der Waals surface area contributed by atoms with Crippen molar-refractivity contribution in [2.24, 2.45) is 0 Å². The van der Waals surface area contributed by atoms with Crippen LogP contribution in [0.2, 0.25) is 0 Å². The van der Waals surface area contributed by atoms with E-state index in [1.807, 2.05) is 38.1 Å². The quantitative estimate of drug-likeness (QED) is 0.232. The molecule has 4 N–H and O–H groups in total. The molecule has 3 aromatic carbocycles. The van der Waals surface area contributed by atoms with E-state index in [4.69, 9.17) is 0 Å². The predicted molar refractivity (Wildman–Crippen MR) is 147 cm³/mol. The van der Waals surface area contributed by atoms with E-state index in [1.165, 1.54) is 6.07 Å². The number of aromatic hydroxyl groups is 2. The number of carboxylic acid groups (broad SMARTS) is 1. The minimum atomic E-state index is -1.19. The number of nitrogens with one attached hydrogen (secondary N) is 1. The third kappa shape index (κ3) is 6.58. The van der Waals surface area contributed by atoms with Crippen molar-refractivity contribution in [2.75, 3.05) is 0 Å². The Kier molecular flexibility index (Phi) is 9.12. The number of carboxylic acids is 1. The normalized spacial score (nSPS) is 11.6. The van der Waals surface area contributed by atoms with Gasteiger partial charge in [-0.2, -0.15) is 0 Å². The van der Waals surface area contributed by atoms with E-state index in [9.17, 15) is 24.9 Å². The molecule has 0 heterocycles. The van der Waals surface area contributed by atoms with Gasteiger partial charge in [0.25, 0.3) is 5.91 Å². The van der Waals surface area contributed by atoms with Gasteiger partial charge in [0.15, 0.2) is 0 Å². The molecule has 0 saturated heterocycles. The smallest absolute Gasteiger partial charge is 0.326 e. The van der Waals surface area contributed by atoms with Crippen LogP contribution < -0.4 is 5.32 Å². The summed E-state index contributed by atoms with van der Waals surface area (Å²) in [6.07, 6.45) is 3.17. The van der Waals surface area contributed by atoms with Crippen molar-refractivity contribution in [2.45, 2.75) is 58.9 Å². The van der Waals surface area contributed by atoms with Gasteiger partial charge in [0, 0.05) is 6.42 Å². The molecular formula is C31H35NO5. The van der Waals surface area contributed by atoms with Gasteiger partial charge in [-0.15, -0.1) is 0 Å². The van der Waals surface area contributed by atoms with E-state index < -0.39 is 17.9 Å². The Morgan fingerprint density at radius 3 is 2.35 bits per heavy atom. The van der Waals surface area contributed by atoms with Crippen LogP contribution in [0.25, 0.3) is 16.7 Å². The van der Waals surface area contributed by atoms with E-state index in [1.54, 1.807) is 24.3 Å². The fourth-order valence-corrected chi connectivity index (χ4v) is 4.51. The number of carbonyl (C=O) groups excluding carboxylic acids is 1. The summed E-state index contributed by atoms with van der Waals surface area (Å²) in [6.45, 7) is 9.80. The molecule has 1 atom stereocenters. The van der Waals surface area contributed by atoms with Crippen LogP contribution in [-0.4, -0.2) is 33.2 Å². The number of unbranched alkanes of at least 4 members (excludes halogenated alkanes) is 2. The fourth-order valence-electron chi connectivity index (χ4n) is 4.51. The van der Waals surface area contributed by atoms with Crippen molar-refractivity contribution in [3.8, 4) is 22.6 Å². The third-order valence-electron chi connectivity index (χ3n) is 6.43. The SMILES string of the molecule is C=C(C)c1ccc(C)cc1-c1c(O)cc(CCCCC)c(C(=O)NC(Cc2ccccc2)C(=O)O)c1O. The Hall–Kier alpha value is -4.06. The highest BCUT2D eigenvalue weighted by Crippen LogP contribution is 2.44.